The Balaban J connectivity index is 1.97. The van der Waals surface area contributed by atoms with Gasteiger partial charge in [0.2, 0.25) is 11.8 Å². The third-order valence-electron chi connectivity index (χ3n) is 3.20. The van der Waals surface area contributed by atoms with Gasteiger partial charge in [-0.05, 0) is 19.8 Å². The van der Waals surface area contributed by atoms with Gasteiger partial charge in [0.25, 0.3) is 0 Å². The summed E-state index contributed by atoms with van der Waals surface area (Å²) in [6.45, 7) is 2.13. The molecular formula is C10H16N2O2. The number of hydrogen-bond donors (Lipinski definition) is 2. The van der Waals surface area contributed by atoms with Gasteiger partial charge >= 0.3 is 0 Å². The predicted molar refractivity (Wildman–Crippen MR) is 51.6 cm³/mol. The highest BCUT2D eigenvalue weighted by molar-refractivity contribution is 6.05. The zero-order chi connectivity index (χ0) is 10.2. The van der Waals surface area contributed by atoms with Crippen molar-refractivity contribution in [2.45, 2.75) is 50.6 Å². The van der Waals surface area contributed by atoms with E-state index in [1.165, 1.54) is 12.8 Å². The Labute approximate surface area is 83.4 Å². The van der Waals surface area contributed by atoms with Gasteiger partial charge in [0, 0.05) is 5.54 Å². The first-order valence-corrected chi connectivity index (χ1v) is 5.20. The number of rotatable bonds is 2. The van der Waals surface area contributed by atoms with Crippen LogP contribution in [0.25, 0.3) is 0 Å². The van der Waals surface area contributed by atoms with E-state index in [-0.39, 0.29) is 23.4 Å². The summed E-state index contributed by atoms with van der Waals surface area (Å²) in [6.07, 6.45) is 4.93. The van der Waals surface area contributed by atoms with Crippen molar-refractivity contribution in [3.63, 3.8) is 0 Å². The van der Waals surface area contributed by atoms with Crippen LogP contribution in [0, 0.1) is 0 Å². The van der Waals surface area contributed by atoms with Gasteiger partial charge in [0.1, 0.15) is 0 Å². The summed E-state index contributed by atoms with van der Waals surface area (Å²) in [5.41, 5.74) is 0.0621. The molecule has 78 valence electrons. The highest BCUT2D eigenvalue weighted by Gasteiger charge is 2.37. The Morgan fingerprint density at radius 1 is 1.36 bits per heavy atom. The SMILES string of the molecule is CC1(NC2CC(=O)NC2=O)CCCC1. The molecule has 4 nitrogen and oxygen atoms in total. The Morgan fingerprint density at radius 2 is 2.00 bits per heavy atom. The molecule has 1 heterocycles. The molecule has 4 heteroatoms. The molecule has 1 aliphatic carbocycles. The topological polar surface area (TPSA) is 58.2 Å². The minimum atomic E-state index is -0.300. The lowest BCUT2D eigenvalue weighted by Gasteiger charge is -2.27. The number of imide groups is 1. The summed E-state index contributed by atoms with van der Waals surface area (Å²) in [5, 5.41) is 5.62. The molecule has 1 saturated carbocycles. The maximum absolute atomic E-state index is 11.3. The van der Waals surface area contributed by atoms with Crippen LogP contribution in [0.15, 0.2) is 0 Å². The average Bonchev–Trinajstić information content (AvgIpc) is 2.61. The number of carbonyl (C=O) groups is 2. The molecule has 2 amide bonds. The van der Waals surface area contributed by atoms with Gasteiger partial charge in [-0.2, -0.15) is 0 Å². The third kappa shape index (κ3) is 1.80. The lowest BCUT2D eigenvalue weighted by molar-refractivity contribution is -0.125. The highest BCUT2D eigenvalue weighted by Crippen LogP contribution is 2.29. The predicted octanol–water partition coefficient (Wildman–Crippen LogP) is 0.324. The molecule has 2 fully saturated rings. The molecule has 1 unspecified atom stereocenters. The van der Waals surface area contributed by atoms with Gasteiger partial charge in [0.15, 0.2) is 0 Å². The van der Waals surface area contributed by atoms with E-state index < -0.39 is 0 Å². The summed E-state index contributed by atoms with van der Waals surface area (Å²) < 4.78 is 0. The second-order valence-electron chi connectivity index (χ2n) is 4.58. The molecule has 1 saturated heterocycles. The molecule has 0 aromatic carbocycles. The largest absolute Gasteiger partial charge is 0.300 e. The van der Waals surface area contributed by atoms with Gasteiger partial charge in [-0.3, -0.25) is 14.9 Å². The van der Waals surface area contributed by atoms with Crippen LogP contribution in [0.4, 0.5) is 0 Å². The monoisotopic (exact) mass is 196 g/mol. The summed E-state index contributed by atoms with van der Waals surface area (Å²) in [4.78, 5) is 22.3. The molecule has 14 heavy (non-hydrogen) atoms. The van der Waals surface area contributed by atoms with Crippen LogP contribution in [0.5, 0.6) is 0 Å². The molecule has 1 atom stereocenters. The number of amides is 2. The zero-order valence-corrected chi connectivity index (χ0v) is 8.43. The van der Waals surface area contributed by atoms with Gasteiger partial charge in [-0.1, -0.05) is 12.8 Å². The zero-order valence-electron chi connectivity index (χ0n) is 8.43. The molecule has 1 aliphatic heterocycles. The molecule has 0 radical (unpaired) electrons. The molecular weight excluding hydrogens is 180 g/mol. The second-order valence-corrected chi connectivity index (χ2v) is 4.58. The van der Waals surface area contributed by atoms with Gasteiger partial charge in [-0.25, -0.2) is 0 Å². The maximum atomic E-state index is 11.3. The van der Waals surface area contributed by atoms with E-state index in [0.29, 0.717) is 6.42 Å². The molecule has 2 aliphatic rings. The van der Waals surface area contributed by atoms with Crippen molar-refractivity contribution in [1.29, 1.82) is 0 Å². The summed E-state index contributed by atoms with van der Waals surface area (Å²) >= 11 is 0. The Morgan fingerprint density at radius 3 is 2.50 bits per heavy atom. The first-order chi connectivity index (χ1) is 6.59. The third-order valence-corrected chi connectivity index (χ3v) is 3.20. The van der Waals surface area contributed by atoms with Crippen molar-refractivity contribution >= 4 is 11.8 Å². The fraction of sp³-hybridized carbons (Fsp3) is 0.800. The van der Waals surface area contributed by atoms with E-state index in [0.717, 1.165) is 12.8 Å². The van der Waals surface area contributed by atoms with Crippen LogP contribution in [0.2, 0.25) is 0 Å². The molecule has 2 rings (SSSR count). The van der Waals surface area contributed by atoms with Crippen LogP contribution in [-0.4, -0.2) is 23.4 Å². The Bertz CT molecular complexity index is 269. The average molecular weight is 196 g/mol. The van der Waals surface area contributed by atoms with Gasteiger partial charge in [0.05, 0.1) is 12.5 Å². The van der Waals surface area contributed by atoms with Crippen LogP contribution >= 0.6 is 0 Å². The molecule has 2 N–H and O–H groups in total. The quantitative estimate of drug-likeness (QED) is 0.625. The number of hydrogen-bond acceptors (Lipinski definition) is 3. The van der Waals surface area contributed by atoms with Crippen LogP contribution in [0.3, 0.4) is 0 Å². The van der Waals surface area contributed by atoms with E-state index in [1.807, 2.05) is 0 Å². The van der Waals surface area contributed by atoms with Crippen molar-refractivity contribution in [2.75, 3.05) is 0 Å². The first kappa shape index (κ1) is 9.65. The fourth-order valence-corrected chi connectivity index (χ4v) is 2.39. The van der Waals surface area contributed by atoms with Crippen molar-refractivity contribution in [2.24, 2.45) is 0 Å². The molecule has 0 aromatic heterocycles. The fourth-order valence-electron chi connectivity index (χ4n) is 2.39. The molecule has 0 bridgehead atoms. The van der Waals surface area contributed by atoms with E-state index in [2.05, 4.69) is 17.6 Å². The number of nitrogens with one attached hydrogen (secondary N) is 2. The van der Waals surface area contributed by atoms with E-state index in [9.17, 15) is 9.59 Å². The van der Waals surface area contributed by atoms with Crippen LogP contribution < -0.4 is 10.6 Å². The van der Waals surface area contributed by atoms with Gasteiger partial charge < -0.3 is 5.32 Å². The van der Waals surface area contributed by atoms with E-state index in [4.69, 9.17) is 0 Å². The van der Waals surface area contributed by atoms with Gasteiger partial charge in [-0.15, -0.1) is 0 Å². The second kappa shape index (κ2) is 3.35. The van der Waals surface area contributed by atoms with Crippen molar-refractivity contribution in [3.8, 4) is 0 Å². The van der Waals surface area contributed by atoms with E-state index >= 15 is 0 Å². The van der Waals surface area contributed by atoms with Crippen molar-refractivity contribution in [3.05, 3.63) is 0 Å². The summed E-state index contributed by atoms with van der Waals surface area (Å²) in [5.74, 6) is -0.322. The smallest absolute Gasteiger partial charge is 0.244 e. The maximum Gasteiger partial charge on any atom is 0.244 e. The Hall–Kier alpha value is -0.900. The lowest BCUT2D eigenvalue weighted by Crippen LogP contribution is -2.49. The Kier molecular flexibility index (Phi) is 2.31. The summed E-state index contributed by atoms with van der Waals surface area (Å²) in [6, 6.07) is -0.300. The highest BCUT2D eigenvalue weighted by atomic mass is 16.2. The van der Waals surface area contributed by atoms with Crippen molar-refractivity contribution < 1.29 is 9.59 Å². The first-order valence-electron chi connectivity index (χ1n) is 5.20. The number of carbonyl (C=O) groups excluding carboxylic acids is 2. The van der Waals surface area contributed by atoms with E-state index in [1.54, 1.807) is 0 Å². The van der Waals surface area contributed by atoms with Crippen LogP contribution in [0.1, 0.15) is 39.0 Å². The minimum Gasteiger partial charge on any atom is -0.300 e. The summed E-state index contributed by atoms with van der Waals surface area (Å²) in [7, 11) is 0. The lowest BCUT2D eigenvalue weighted by atomic mass is 9.99. The standard InChI is InChI=1S/C10H16N2O2/c1-10(4-2-3-5-10)12-7-6-8(13)11-9(7)14/h7,12H,2-6H2,1H3,(H,11,13,14). The molecule has 0 spiro atoms. The minimum absolute atomic E-state index is 0.0621. The van der Waals surface area contributed by atoms with Crippen molar-refractivity contribution in [1.82, 2.24) is 10.6 Å². The normalized spacial score (nSPS) is 30.8. The van der Waals surface area contributed by atoms with Crippen LogP contribution in [-0.2, 0) is 9.59 Å². The molecule has 0 aromatic rings.